The van der Waals surface area contributed by atoms with Crippen LogP contribution in [-0.2, 0) is 14.6 Å². The molecule has 0 spiro atoms. The van der Waals surface area contributed by atoms with Crippen molar-refractivity contribution in [1.29, 1.82) is 0 Å². The smallest absolute Gasteiger partial charge is 0.314 e. The van der Waals surface area contributed by atoms with Crippen LogP contribution in [0.3, 0.4) is 0 Å². The predicted octanol–water partition coefficient (Wildman–Crippen LogP) is -0.0166. The van der Waals surface area contributed by atoms with Gasteiger partial charge in [0.15, 0.2) is 0 Å². The largest absolute Gasteiger partial charge is 0.326 e. The molecule has 1 rings (SSSR count). The Morgan fingerprint density at radius 1 is 1.27 bits per heavy atom. The maximum atomic E-state index is 10.8. The summed E-state index contributed by atoms with van der Waals surface area (Å²) in [6.45, 7) is 0. The van der Waals surface area contributed by atoms with Crippen molar-refractivity contribution < 1.29 is 22.8 Å². The van der Waals surface area contributed by atoms with Crippen molar-refractivity contribution in [2.45, 2.75) is 9.79 Å². The van der Waals surface area contributed by atoms with Crippen molar-refractivity contribution in [3.63, 3.8) is 0 Å². The van der Waals surface area contributed by atoms with Gasteiger partial charge in [0.05, 0.1) is 4.90 Å². The van der Waals surface area contributed by atoms with Crippen molar-refractivity contribution in [1.82, 2.24) is 0 Å². The number of thiol groups is 1. The van der Waals surface area contributed by atoms with Crippen LogP contribution in [0.2, 0.25) is 0 Å². The molecule has 6 nitrogen and oxygen atoms in total. The zero-order valence-electron chi connectivity index (χ0n) is 7.36. The van der Waals surface area contributed by atoms with Gasteiger partial charge in [0.2, 0.25) is 10.0 Å². The molecule has 0 fully saturated rings. The second kappa shape index (κ2) is 6.26. The molecular formula is C6H10NO5PS2. The number of hydrogen-bond acceptors (Lipinski definition) is 4. The highest BCUT2D eigenvalue weighted by Gasteiger charge is 2.09. The molecule has 0 aliphatic carbocycles. The summed E-state index contributed by atoms with van der Waals surface area (Å²) in [6.07, 6.45) is 0. The average molecular weight is 271 g/mol. The van der Waals surface area contributed by atoms with Gasteiger partial charge in [0.1, 0.15) is 0 Å². The van der Waals surface area contributed by atoms with Crippen LogP contribution in [0, 0.1) is 0 Å². The van der Waals surface area contributed by atoms with E-state index in [2.05, 4.69) is 12.6 Å². The van der Waals surface area contributed by atoms with Crippen molar-refractivity contribution in [2.24, 2.45) is 5.14 Å². The molecule has 0 saturated heterocycles. The molecule has 0 aliphatic rings. The van der Waals surface area contributed by atoms with E-state index in [1.165, 1.54) is 6.07 Å². The molecule has 0 saturated carbocycles. The van der Waals surface area contributed by atoms with Crippen LogP contribution < -0.4 is 5.14 Å². The molecule has 15 heavy (non-hydrogen) atoms. The lowest BCUT2D eigenvalue weighted by atomic mass is 10.4. The third-order valence-corrected chi connectivity index (χ3v) is 2.68. The van der Waals surface area contributed by atoms with Crippen LogP contribution >= 0.6 is 20.9 Å². The zero-order valence-corrected chi connectivity index (χ0v) is 10.1. The minimum Gasteiger partial charge on any atom is -0.326 e. The lowest BCUT2D eigenvalue weighted by molar-refractivity contribution is 0.405. The summed E-state index contributed by atoms with van der Waals surface area (Å²) < 4.78 is 30.3. The Bertz CT molecular complexity index is 443. The first-order valence-electron chi connectivity index (χ1n) is 3.48. The molecule has 4 N–H and O–H groups in total. The van der Waals surface area contributed by atoms with Crippen molar-refractivity contribution in [2.75, 3.05) is 0 Å². The van der Waals surface area contributed by atoms with Crippen LogP contribution in [0.25, 0.3) is 0 Å². The standard InChI is InChI=1S/C6H7NO2S2.H3O3P/c7-11(8,9)6-4-2-1-3-5(6)10;1-4(2)3/h1-4,10H,(H2,7,8,9);4H,(H2,1,2,3). The van der Waals surface area contributed by atoms with Gasteiger partial charge in [0, 0.05) is 4.90 Å². The molecule has 0 atom stereocenters. The van der Waals surface area contributed by atoms with Gasteiger partial charge in [-0.15, -0.1) is 12.6 Å². The Labute approximate surface area is 93.2 Å². The zero-order chi connectivity index (χ0) is 12.1. The van der Waals surface area contributed by atoms with Gasteiger partial charge in [-0.1, -0.05) is 12.1 Å². The summed E-state index contributed by atoms with van der Waals surface area (Å²) in [4.78, 5) is 14.7. The summed E-state index contributed by atoms with van der Waals surface area (Å²) in [5, 5.41) is 4.88. The number of benzene rings is 1. The third kappa shape index (κ3) is 6.67. The monoisotopic (exact) mass is 271 g/mol. The third-order valence-electron chi connectivity index (χ3n) is 1.17. The normalized spacial score (nSPS) is 10.7. The first-order chi connectivity index (χ1) is 6.75. The van der Waals surface area contributed by atoms with E-state index < -0.39 is 18.3 Å². The quantitative estimate of drug-likeness (QED) is 0.423. The fraction of sp³-hybridized carbons (Fsp3) is 0. The molecule has 0 amide bonds. The van der Waals surface area contributed by atoms with E-state index in [-0.39, 0.29) is 4.90 Å². The number of nitrogens with two attached hydrogens (primary N) is 1. The SMILES string of the molecule is NS(=O)(=O)c1ccccc1S.O=[PH](O)O. The molecule has 9 heteroatoms. The van der Waals surface area contributed by atoms with Crippen molar-refractivity contribution >= 4 is 30.9 Å². The van der Waals surface area contributed by atoms with Crippen LogP contribution in [-0.4, -0.2) is 18.2 Å². The second-order valence-electron chi connectivity index (χ2n) is 2.30. The lowest BCUT2D eigenvalue weighted by Crippen LogP contribution is -2.12. The fourth-order valence-corrected chi connectivity index (χ4v) is 1.87. The van der Waals surface area contributed by atoms with Crippen LogP contribution in [0.5, 0.6) is 0 Å². The highest BCUT2D eigenvalue weighted by Crippen LogP contribution is 2.16. The van der Waals surface area contributed by atoms with E-state index in [1.807, 2.05) is 0 Å². The molecule has 1 aromatic rings. The minimum atomic E-state index is -3.61. The topological polar surface area (TPSA) is 118 Å². The summed E-state index contributed by atoms with van der Waals surface area (Å²) in [5.41, 5.74) is 0. The molecule has 1 aromatic carbocycles. The molecule has 0 aromatic heterocycles. The fourth-order valence-electron chi connectivity index (χ4n) is 0.698. The molecule has 86 valence electrons. The number of primary sulfonamides is 1. The van der Waals surface area contributed by atoms with Gasteiger partial charge in [-0.25, -0.2) is 13.6 Å². The van der Waals surface area contributed by atoms with E-state index in [0.717, 1.165) is 0 Å². The Kier molecular flexibility index (Phi) is 6.11. The lowest BCUT2D eigenvalue weighted by Gasteiger charge is -1.99. The minimum absolute atomic E-state index is 0.0586. The molecule has 0 aliphatic heterocycles. The van der Waals surface area contributed by atoms with Gasteiger partial charge in [0.25, 0.3) is 0 Å². The van der Waals surface area contributed by atoms with E-state index in [1.54, 1.807) is 18.2 Å². The predicted molar refractivity (Wildman–Crippen MR) is 58.5 cm³/mol. The van der Waals surface area contributed by atoms with Crippen LogP contribution in [0.4, 0.5) is 0 Å². The van der Waals surface area contributed by atoms with Gasteiger partial charge in [-0.3, -0.25) is 4.57 Å². The van der Waals surface area contributed by atoms with Gasteiger partial charge >= 0.3 is 8.25 Å². The van der Waals surface area contributed by atoms with Gasteiger partial charge in [-0.05, 0) is 12.1 Å². The van der Waals surface area contributed by atoms with Crippen molar-refractivity contribution in [3.8, 4) is 0 Å². The highest BCUT2D eigenvalue weighted by atomic mass is 32.2. The van der Waals surface area contributed by atoms with E-state index in [4.69, 9.17) is 19.5 Å². The summed E-state index contributed by atoms with van der Waals surface area (Å²) in [7, 11) is -6.74. The van der Waals surface area contributed by atoms with Crippen molar-refractivity contribution in [3.05, 3.63) is 24.3 Å². The molecule has 0 bridgehead atoms. The number of hydrogen-bond donors (Lipinski definition) is 4. The second-order valence-corrected chi connectivity index (χ2v) is 4.87. The van der Waals surface area contributed by atoms with Gasteiger partial charge in [-0.2, -0.15) is 0 Å². The maximum Gasteiger partial charge on any atom is 0.314 e. The summed E-state index contributed by atoms with van der Waals surface area (Å²) >= 11 is 3.93. The molecule has 0 radical (unpaired) electrons. The summed E-state index contributed by atoms with van der Waals surface area (Å²) in [5.74, 6) is 0. The van der Waals surface area contributed by atoms with Gasteiger partial charge < -0.3 is 9.79 Å². The Hall–Kier alpha value is -0.370. The average Bonchev–Trinajstić information content (AvgIpc) is 2.01. The Morgan fingerprint density at radius 2 is 1.67 bits per heavy atom. The summed E-state index contributed by atoms with van der Waals surface area (Å²) in [6, 6.07) is 6.27. The van der Waals surface area contributed by atoms with E-state index in [9.17, 15) is 8.42 Å². The Balaban J connectivity index is 0.000000423. The number of sulfonamides is 1. The molecular weight excluding hydrogens is 261 g/mol. The van der Waals surface area contributed by atoms with Crippen LogP contribution in [0.1, 0.15) is 0 Å². The van der Waals surface area contributed by atoms with E-state index in [0.29, 0.717) is 4.90 Å². The molecule has 0 unspecified atom stereocenters. The highest BCUT2D eigenvalue weighted by molar-refractivity contribution is 7.90. The molecule has 0 heterocycles. The number of rotatable bonds is 1. The maximum absolute atomic E-state index is 10.8. The first kappa shape index (κ1) is 14.6. The van der Waals surface area contributed by atoms with Crippen LogP contribution in [0.15, 0.2) is 34.1 Å². The Morgan fingerprint density at radius 3 is 1.93 bits per heavy atom. The first-order valence-corrected chi connectivity index (χ1v) is 6.77. The van der Waals surface area contributed by atoms with E-state index >= 15 is 0 Å².